The van der Waals surface area contributed by atoms with E-state index in [1.54, 1.807) is 36.4 Å². The maximum atomic E-state index is 12.3. The monoisotopic (exact) mass is 327 g/mol. The Morgan fingerprint density at radius 2 is 1.75 bits per heavy atom. The van der Waals surface area contributed by atoms with Crippen molar-refractivity contribution in [2.24, 2.45) is 0 Å². The molecule has 5 heteroatoms. The molecule has 0 unspecified atom stereocenters. The van der Waals surface area contributed by atoms with Crippen LogP contribution in [0.1, 0.15) is 40.1 Å². The molecule has 0 spiro atoms. The molecule has 0 heterocycles. The first-order chi connectivity index (χ1) is 11.5. The minimum atomic E-state index is -0.444. The summed E-state index contributed by atoms with van der Waals surface area (Å²) in [5.74, 6) is -0.686. The minimum Gasteiger partial charge on any atom is -0.465 e. The van der Waals surface area contributed by atoms with Crippen molar-refractivity contribution in [3.8, 4) is 0 Å². The van der Waals surface area contributed by atoms with Crippen LogP contribution < -0.4 is 5.32 Å². The number of hydrogen-bond acceptors (Lipinski definition) is 4. The zero-order valence-electron chi connectivity index (χ0n) is 14.0. The average molecular weight is 327 g/mol. The Labute approximate surface area is 141 Å². The smallest absolute Gasteiger partial charge is 0.337 e. The van der Waals surface area contributed by atoms with Gasteiger partial charge in [0, 0.05) is 11.3 Å². The van der Waals surface area contributed by atoms with Crippen LogP contribution in [0.25, 0.3) is 0 Å². The molecule has 1 amide bonds. The van der Waals surface area contributed by atoms with Crippen molar-refractivity contribution in [2.45, 2.75) is 26.6 Å². The normalized spacial score (nSPS) is 10.5. The lowest BCUT2D eigenvalue weighted by Gasteiger charge is -2.09. The molecule has 0 aliphatic rings. The second kappa shape index (κ2) is 8.26. The summed E-state index contributed by atoms with van der Waals surface area (Å²) in [5, 5.41) is 2.77. The minimum absolute atomic E-state index is 0.162. The number of benzene rings is 2. The molecule has 0 atom stereocenters. The number of ether oxygens (including phenoxy) is 2. The van der Waals surface area contributed by atoms with Crippen molar-refractivity contribution in [2.75, 3.05) is 12.4 Å². The molecule has 5 nitrogen and oxygen atoms in total. The van der Waals surface area contributed by atoms with Crippen molar-refractivity contribution in [3.63, 3.8) is 0 Å². The summed E-state index contributed by atoms with van der Waals surface area (Å²) in [7, 11) is 1.32. The SMILES string of the molecule is COC(=O)c1cccc(NC(=O)c2ccc(COC(C)C)cc2)c1. The van der Waals surface area contributed by atoms with E-state index in [1.807, 2.05) is 26.0 Å². The summed E-state index contributed by atoms with van der Waals surface area (Å²) in [6.07, 6.45) is 0.162. The lowest BCUT2D eigenvalue weighted by Crippen LogP contribution is -2.12. The first-order valence-corrected chi connectivity index (χ1v) is 7.70. The van der Waals surface area contributed by atoms with Gasteiger partial charge in [-0.1, -0.05) is 18.2 Å². The Balaban J connectivity index is 2.03. The number of amides is 1. The van der Waals surface area contributed by atoms with Crippen molar-refractivity contribution in [1.29, 1.82) is 0 Å². The topological polar surface area (TPSA) is 64.6 Å². The van der Waals surface area contributed by atoms with E-state index < -0.39 is 5.97 Å². The number of nitrogens with one attached hydrogen (secondary N) is 1. The molecule has 1 N–H and O–H groups in total. The fourth-order valence-electron chi connectivity index (χ4n) is 2.06. The molecule has 2 rings (SSSR count). The van der Waals surface area contributed by atoms with Gasteiger partial charge in [0.15, 0.2) is 0 Å². The van der Waals surface area contributed by atoms with E-state index in [9.17, 15) is 9.59 Å². The Hall–Kier alpha value is -2.66. The standard InChI is InChI=1S/C19H21NO4/c1-13(2)24-12-14-7-9-15(10-8-14)18(21)20-17-6-4-5-16(11-17)19(22)23-3/h4-11,13H,12H2,1-3H3,(H,20,21). The van der Waals surface area contributed by atoms with Crippen molar-refractivity contribution in [1.82, 2.24) is 0 Å². The Bertz CT molecular complexity index is 708. The number of carbonyl (C=O) groups excluding carboxylic acids is 2. The highest BCUT2D eigenvalue weighted by Crippen LogP contribution is 2.14. The van der Waals surface area contributed by atoms with E-state index in [0.29, 0.717) is 23.4 Å². The Morgan fingerprint density at radius 1 is 1.04 bits per heavy atom. The number of esters is 1. The molecule has 24 heavy (non-hydrogen) atoms. The molecule has 126 valence electrons. The van der Waals surface area contributed by atoms with E-state index in [1.165, 1.54) is 7.11 Å². The Kier molecular flexibility index (Phi) is 6.09. The van der Waals surface area contributed by atoms with Gasteiger partial charge in [-0.05, 0) is 49.7 Å². The van der Waals surface area contributed by atoms with Gasteiger partial charge < -0.3 is 14.8 Å². The van der Waals surface area contributed by atoms with E-state index in [0.717, 1.165) is 5.56 Å². The first-order valence-electron chi connectivity index (χ1n) is 7.70. The number of methoxy groups -OCH3 is 1. The van der Waals surface area contributed by atoms with Crippen LogP contribution in [0.2, 0.25) is 0 Å². The van der Waals surface area contributed by atoms with Crippen molar-refractivity contribution >= 4 is 17.6 Å². The maximum absolute atomic E-state index is 12.3. The van der Waals surface area contributed by atoms with Crippen LogP contribution in [-0.4, -0.2) is 25.1 Å². The Morgan fingerprint density at radius 3 is 2.38 bits per heavy atom. The van der Waals surface area contributed by atoms with Gasteiger partial charge in [-0.15, -0.1) is 0 Å². The van der Waals surface area contributed by atoms with Crippen molar-refractivity contribution in [3.05, 3.63) is 65.2 Å². The highest BCUT2D eigenvalue weighted by Gasteiger charge is 2.09. The van der Waals surface area contributed by atoms with Crippen LogP contribution in [0, 0.1) is 0 Å². The molecular formula is C19H21NO4. The molecule has 0 fully saturated rings. The highest BCUT2D eigenvalue weighted by atomic mass is 16.5. The first kappa shape index (κ1) is 17.7. The van der Waals surface area contributed by atoms with Gasteiger partial charge in [0.1, 0.15) is 0 Å². The van der Waals surface area contributed by atoms with E-state index in [-0.39, 0.29) is 12.0 Å². The third-order valence-corrected chi connectivity index (χ3v) is 3.34. The second-order valence-corrected chi connectivity index (χ2v) is 5.58. The summed E-state index contributed by atoms with van der Waals surface area (Å²) in [6, 6.07) is 13.8. The van der Waals surface area contributed by atoms with Gasteiger partial charge >= 0.3 is 5.97 Å². The van der Waals surface area contributed by atoms with Crippen LogP contribution in [0.15, 0.2) is 48.5 Å². The van der Waals surface area contributed by atoms with Crippen LogP contribution in [0.5, 0.6) is 0 Å². The van der Waals surface area contributed by atoms with Crippen LogP contribution in [-0.2, 0) is 16.1 Å². The fraction of sp³-hybridized carbons (Fsp3) is 0.263. The number of anilines is 1. The molecule has 0 aromatic heterocycles. The van der Waals surface area contributed by atoms with Gasteiger partial charge in [-0.3, -0.25) is 4.79 Å². The molecule has 0 saturated carbocycles. The van der Waals surface area contributed by atoms with Gasteiger partial charge in [0.05, 0.1) is 25.4 Å². The fourth-order valence-corrected chi connectivity index (χ4v) is 2.06. The predicted octanol–water partition coefficient (Wildman–Crippen LogP) is 3.65. The molecule has 2 aromatic rings. The van der Waals surface area contributed by atoms with Crippen LogP contribution in [0.4, 0.5) is 5.69 Å². The predicted molar refractivity (Wildman–Crippen MR) is 92.1 cm³/mol. The molecule has 0 bridgehead atoms. The van der Waals surface area contributed by atoms with E-state index in [2.05, 4.69) is 10.1 Å². The summed E-state index contributed by atoms with van der Waals surface area (Å²) < 4.78 is 10.2. The third-order valence-electron chi connectivity index (χ3n) is 3.34. The summed E-state index contributed by atoms with van der Waals surface area (Å²) >= 11 is 0. The molecule has 2 aromatic carbocycles. The van der Waals surface area contributed by atoms with Gasteiger partial charge in [-0.25, -0.2) is 4.79 Å². The van der Waals surface area contributed by atoms with Crippen LogP contribution >= 0.6 is 0 Å². The molecule has 0 radical (unpaired) electrons. The molecule has 0 saturated heterocycles. The zero-order chi connectivity index (χ0) is 17.5. The van der Waals surface area contributed by atoms with Gasteiger partial charge in [0.2, 0.25) is 0 Å². The lowest BCUT2D eigenvalue weighted by atomic mass is 10.1. The highest BCUT2D eigenvalue weighted by molar-refractivity contribution is 6.04. The average Bonchev–Trinajstić information content (AvgIpc) is 2.59. The summed E-state index contributed by atoms with van der Waals surface area (Å²) in [4.78, 5) is 23.8. The van der Waals surface area contributed by atoms with E-state index >= 15 is 0 Å². The third kappa shape index (κ3) is 4.93. The molecular weight excluding hydrogens is 306 g/mol. The quantitative estimate of drug-likeness (QED) is 0.823. The summed E-state index contributed by atoms with van der Waals surface area (Å²) in [6.45, 7) is 4.47. The largest absolute Gasteiger partial charge is 0.465 e. The second-order valence-electron chi connectivity index (χ2n) is 5.58. The summed E-state index contributed by atoms with van der Waals surface area (Å²) in [5.41, 5.74) is 2.46. The number of carbonyl (C=O) groups is 2. The lowest BCUT2D eigenvalue weighted by molar-refractivity contribution is 0.0600. The van der Waals surface area contributed by atoms with Gasteiger partial charge in [-0.2, -0.15) is 0 Å². The zero-order valence-corrected chi connectivity index (χ0v) is 14.0. The van der Waals surface area contributed by atoms with Crippen molar-refractivity contribution < 1.29 is 19.1 Å². The van der Waals surface area contributed by atoms with Crippen LogP contribution in [0.3, 0.4) is 0 Å². The van der Waals surface area contributed by atoms with Gasteiger partial charge in [0.25, 0.3) is 5.91 Å². The van der Waals surface area contributed by atoms with E-state index in [4.69, 9.17) is 4.74 Å². The maximum Gasteiger partial charge on any atom is 0.337 e. The molecule has 0 aliphatic heterocycles. The molecule has 0 aliphatic carbocycles. The number of hydrogen-bond donors (Lipinski definition) is 1. The number of rotatable bonds is 6.